The lowest BCUT2D eigenvalue weighted by Crippen LogP contribution is -1.99. The van der Waals surface area contributed by atoms with E-state index in [0.717, 1.165) is 18.4 Å². The van der Waals surface area contributed by atoms with Gasteiger partial charge < -0.3 is 4.74 Å². The minimum atomic E-state index is -0.397. The Balaban J connectivity index is 2.00. The van der Waals surface area contributed by atoms with E-state index in [-0.39, 0.29) is 5.82 Å². The van der Waals surface area contributed by atoms with Gasteiger partial charge in [-0.3, -0.25) is 0 Å². The van der Waals surface area contributed by atoms with E-state index < -0.39 is 5.38 Å². The topological polar surface area (TPSA) is 9.23 Å². The van der Waals surface area contributed by atoms with E-state index in [1.54, 1.807) is 13.2 Å². The van der Waals surface area contributed by atoms with Crippen molar-refractivity contribution in [3.63, 3.8) is 0 Å². The highest BCUT2D eigenvalue weighted by atomic mass is 35.5. The van der Waals surface area contributed by atoms with Crippen LogP contribution >= 0.6 is 11.6 Å². The van der Waals surface area contributed by atoms with Crippen molar-refractivity contribution in [2.45, 2.75) is 24.6 Å². The van der Waals surface area contributed by atoms with E-state index in [0.29, 0.717) is 11.3 Å². The first-order valence-corrected chi connectivity index (χ1v) is 7.22. The molecule has 3 heteroatoms. The van der Waals surface area contributed by atoms with E-state index >= 15 is 0 Å². The van der Waals surface area contributed by atoms with Crippen LogP contribution in [0.25, 0.3) is 0 Å². The van der Waals surface area contributed by atoms with Crippen LogP contribution in [0, 0.1) is 5.82 Å². The molecule has 2 aromatic carbocycles. The average molecular weight is 291 g/mol. The third-order valence-electron chi connectivity index (χ3n) is 3.88. The lowest BCUT2D eigenvalue weighted by atomic mass is 9.99. The maximum Gasteiger partial charge on any atom is 0.124 e. The van der Waals surface area contributed by atoms with Gasteiger partial charge in [0.15, 0.2) is 0 Å². The molecular formula is C17H16ClFO. The number of halogens is 2. The molecule has 0 saturated heterocycles. The summed E-state index contributed by atoms with van der Waals surface area (Å²) in [6.07, 6.45) is 3.45. The Kier molecular flexibility index (Phi) is 3.66. The van der Waals surface area contributed by atoms with Gasteiger partial charge in [-0.1, -0.05) is 18.2 Å². The molecule has 20 heavy (non-hydrogen) atoms. The average Bonchev–Trinajstić information content (AvgIpc) is 2.93. The van der Waals surface area contributed by atoms with Gasteiger partial charge in [0.1, 0.15) is 11.6 Å². The summed E-state index contributed by atoms with van der Waals surface area (Å²) in [5.74, 6) is 0.319. The minimum Gasteiger partial charge on any atom is -0.496 e. The van der Waals surface area contributed by atoms with Gasteiger partial charge in [0, 0.05) is 5.56 Å². The van der Waals surface area contributed by atoms with Crippen LogP contribution in [-0.2, 0) is 12.8 Å². The summed E-state index contributed by atoms with van der Waals surface area (Å²) in [5.41, 5.74) is 4.44. The van der Waals surface area contributed by atoms with Gasteiger partial charge in [0.05, 0.1) is 12.5 Å². The maximum atomic E-state index is 13.5. The van der Waals surface area contributed by atoms with E-state index in [2.05, 4.69) is 12.1 Å². The fraction of sp³-hybridized carbons (Fsp3) is 0.294. The standard InChI is InChI=1S/C17H16ClFO/c1-20-16-8-7-14(19)10-15(16)17(18)13-6-5-11-3-2-4-12(11)9-13/h5-10,17H,2-4H2,1H3. The Bertz CT molecular complexity index is 639. The number of ether oxygens (including phenoxy) is 1. The first-order valence-electron chi connectivity index (χ1n) is 6.78. The summed E-state index contributed by atoms with van der Waals surface area (Å²) in [6, 6.07) is 10.8. The Hall–Kier alpha value is -1.54. The van der Waals surface area contributed by atoms with Crippen molar-refractivity contribution in [2.75, 3.05) is 7.11 Å². The van der Waals surface area contributed by atoms with Gasteiger partial charge in [-0.05, 0) is 54.2 Å². The molecule has 0 saturated carbocycles. The Morgan fingerprint density at radius 1 is 1.10 bits per heavy atom. The molecule has 0 heterocycles. The van der Waals surface area contributed by atoms with Crippen molar-refractivity contribution in [3.05, 3.63) is 64.5 Å². The normalized spacial score (nSPS) is 14.9. The highest BCUT2D eigenvalue weighted by Crippen LogP contribution is 2.37. The molecule has 0 N–H and O–H groups in total. The molecule has 0 aromatic heterocycles. The van der Waals surface area contributed by atoms with Gasteiger partial charge in [-0.2, -0.15) is 0 Å². The Morgan fingerprint density at radius 2 is 1.90 bits per heavy atom. The van der Waals surface area contributed by atoms with Crippen molar-refractivity contribution in [3.8, 4) is 5.75 Å². The molecule has 0 aliphatic heterocycles. The monoisotopic (exact) mass is 290 g/mol. The van der Waals surface area contributed by atoms with Gasteiger partial charge in [0.25, 0.3) is 0 Å². The second-order valence-electron chi connectivity index (χ2n) is 5.13. The van der Waals surface area contributed by atoms with Crippen molar-refractivity contribution in [1.82, 2.24) is 0 Å². The van der Waals surface area contributed by atoms with Gasteiger partial charge in [-0.25, -0.2) is 4.39 Å². The molecule has 1 atom stereocenters. The van der Waals surface area contributed by atoms with Crippen LogP contribution in [0.1, 0.15) is 34.1 Å². The number of rotatable bonds is 3. The molecule has 0 bridgehead atoms. The molecule has 3 rings (SSSR count). The van der Waals surface area contributed by atoms with Crippen LogP contribution < -0.4 is 4.74 Å². The number of fused-ring (bicyclic) bond motifs is 1. The molecular weight excluding hydrogens is 275 g/mol. The number of aryl methyl sites for hydroxylation is 2. The second-order valence-corrected chi connectivity index (χ2v) is 5.57. The number of hydrogen-bond donors (Lipinski definition) is 0. The molecule has 0 spiro atoms. The van der Waals surface area contributed by atoms with E-state index in [4.69, 9.17) is 16.3 Å². The van der Waals surface area contributed by atoms with Crippen molar-refractivity contribution in [2.24, 2.45) is 0 Å². The van der Waals surface area contributed by atoms with Crippen LogP contribution in [0.4, 0.5) is 4.39 Å². The molecule has 1 unspecified atom stereocenters. The van der Waals surface area contributed by atoms with Crippen LogP contribution in [0.15, 0.2) is 36.4 Å². The quantitative estimate of drug-likeness (QED) is 0.748. The zero-order valence-electron chi connectivity index (χ0n) is 11.3. The Labute approximate surface area is 123 Å². The SMILES string of the molecule is COc1ccc(F)cc1C(Cl)c1ccc2c(c1)CCC2. The van der Waals surface area contributed by atoms with E-state index in [1.807, 2.05) is 6.07 Å². The lowest BCUT2D eigenvalue weighted by molar-refractivity contribution is 0.409. The Morgan fingerprint density at radius 3 is 2.70 bits per heavy atom. The van der Waals surface area contributed by atoms with Crippen LogP contribution in [0.5, 0.6) is 5.75 Å². The van der Waals surface area contributed by atoms with Crippen LogP contribution in [0.2, 0.25) is 0 Å². The lowest BCUT2D eigenvalue weighted by Gasteiger charge is -2.15. The summed E-state index contributed by atoms with van der Waals surface area (Å²) < 4.78 is 18.7. The van der Waals surface area contributed by atoms with Crippen molar-refractivity contribution >= 4 is 11.6 Å². The highest BCUT2D eigenvalue weighted by Gasteiger charge is 2.19. The molecule has 1 nitrogen and oxygen atoms in total. The maximum absolute atomic E-state index is 13.5. The molecule has 1 aliphatic carbocycles. The number of alkyl halides is 1. The summed E-state index contributed by atoms with van der Waals surface area (Å²) in [5, 5.41) is -0.397. The first kappa shape index (κ1) is 13.4. The van der Waals surface area contributed by atoms with Crippen molar-refractivity contribution in [1.29, 1.82) is 0 Å². The molecule has 0 amide bonds. The van der Waals surface area contributed by atoms with E-state index in [9.17, 15) is 4.39 Å². The van der Waals surface area contributed by atoms with Gasteiger partial charge in [-0.15, -0.1) is 11.6 Å². The van der Waals surface area contributed by atoms with Gasteiger partial charge >= 0.3 is 0 Å². The molecule has 1 aliphatic rings. The fourth-order valence-electron chi connectivity index (χ4n) is 2.83. The molecule has 0 fully saturated rings. The summed E-state index contributed by atoms with van der Waals surface area (Å²) in [6.45, 7) is 0. The fourth-order valence-corrected chi connectivity index (χ4v) is 3.14. The highest BCUT2D eigenvalue weighted by molar-refractivity contribution is 6.22. The number of methoxy groups -OCH3 is 1. The number of benzene rings is 2. The van der Waals surface area contributed by atoms with Gasteiger partial charge in [0.2, 0.25) is 0 Å². The molecule has 0 radical (unpaired) electrons. The summed E-state index contributed by atoms with van der Waals surface area (Å²) >= 11 is 6.54. The predicted molar refractivity (Wildman–Crippen MR) is 79.1 cm³/mol. The largest absolute Gasteiger partial charge is 0.496 e. The summed E-state index contributed by atoms with van der Waals surface area (Å²) in [4.78, 5) is 0. The zero-order valence-corrected chi connectivity index (χ0v) is 12.1. The van der Waals surface area contributed by atoms with Crippen molar-refractivity contribution < 1.29 is 9.13 Å². The second kappa shape index (κ2) is 5.45. The van der Waals surface area contributed by atoms with Crippen LogP contribution in [-0.4, -0.2) is 7.11 Å². The van der Waals surface area contributed by atoms with Crippen LogP contribution in [0.3, 0.4) is 0 Å². The predicted octanol–water partition coefficient (Wildman–Crippen LogP) is 4.65. The molecule has 2 aromatic rings. The van der Waals surface area contributed by atoms with E-state index in [1.165, 1.54) is 29.7 Å². The smallest absolute Gasteiger partial charge is 0.124 e. The third-order valence-corrected chi connectivity index (χ3v) is 4.37. The first-order chi connectivity index (χ1) is 9.69. The minimum absolute atomic E-state index is 0.299. The zero-order chi connectivity index (χ0) is 14.1. The molecule has 104 valence electrons. The number of hydrogen-bond acceptors (Lipinski definition) is 1. The third kappa shape index (κ3) is 2.40. The summed E-state index contributed by atoms with van der Waals surface area (Å²) in [7, 11) is 1.57.